The fourth-order valence-corrected chi connectivity index (χ4v) is 3.31. The molecule has 2 heteroatoms. The third-order valence-corrected chi connectivity index (χ3v) is 5.14. The first-order valence-electron chi connectivity index (χ1n) is 10.8. The number of allylic oxidation sites excluding steroid dienone is 1. The van der Waals surface area contributed by atoms with Crippen LogP contribution in [0.15, 0.2) is 36.9 Å². The molecule has 146 valence electrons. The van der Waals surface area contributed by atoms with Crippen LogP contribution in [0.2, 0.25) is 0 Å². The summed E-state index contributed by atoms with van der Waals surface area (Å²) in [6, 6.07) is 8.60. The van der Waals surface area contributed by atoms with Crippen LogP contribution in [0, 0.1) is 0 Å². The molecule has 0 radical (unpaired) electrons. The zero-order valence-electron chi connectivity index (χ0n) is 16.6. The summed E-state index contributed by atoms with van der Waals surface area (Å²) in [5.41, 5.74) is 1.43. The van der Waals surface area contributed by atoms with Gasteiger partial charge in [0.1, 0.15) is 18.5 Å². The molecular weight excluding hydrogens is 320 g/mol. The van der Waals surface area contributed by atoms with Crippen molar-refractivity contribution < 1.29 is 9.47 Å². The predicted octanol–water partition coefficient (Wildman–Crippen LogP) is 6.87. The quantitative estimate of drug-likeness (QED) is 0.172. The Balaban J connectivity index is 1.35. The summed E-state index contributed by atoms with van der Waals surface area (Å²) >= 11 is 0. The van der Waals surface area contributed by atoms with E-state index in [2.05, 4.69) is 30.8 Å². The van der Waals surface area contributed by atoms with Crippen molar-refractivity contribution in [2.45, 2.75) is 89.6 Å². The van der Waals surface area contributed by atoms with Gasteiger partial charge in [0.05, 0.1) is 6.61 Å². The average molecular weight is 359 g/mol. The normalized spacial score (nSPS) is 15.8. The highest BCUT2D eigenvalue weighted by atomic mass is 16.6. The van der Waals surface area contributed by atoms with Gasteiger partial charge in [-0.05, 0) is 43.4 Å². The van der Waals surface area contributed by atoms with Crippen LogP contribution in [0.4, 0.5) is 0 Å². The smallest absolute Gasteiger partial charge is 0.119 e. The van der Waals surface area contributed by atoms with E-state index in [1.54, 1.807) is 0 Å². The van der Waals surface area contributed by atoms with E-state index in [1.165, 1.54) is 89.0 Å². The Morgan fingerprint density at radius 1 is 0.846 bits per heavy atom. The molecule has 1 fully saturated rings. The molecule has 2 rings (SSSR count). The van der Waals surface area contributed by atoms with Gasteiger partial charge in [-0.15, -0.1) is 6.58 Å². The Morgan fingerprint density at radius 2 is 1.38 bits per heavy atom. The summed E-state index contributed by atoms with van der Waals surface area (Å²) in [5, 5.41) is 0. The second-order valence-electron chi connectivity index (χ2n) is 7.63. The first kappa shape index (κ1) is 21.0. The van der Waals surface area contributed by atoms with Crippen LogP contribution in [0.1, 0.15) is 82.6 Å². The van der Waals surface area contributed by atoms with Crippen LogP contribution in [-0.2, 0) is 11.2 Å². The molecule has 0 saturated carbocycles. The van der Waals surface area contributed by atoms with Gasteiger partial charge < -0.3 is 9.47 Å². The molecule has 0 spiro atoms. The van der Waals surface area contributed by atoms with Gasteiger partial charge in [0.15, 0.2) is 0 Å². The Morgan fingerprint density at radius 3 is 1.92 bits per heavy atom. The van der Waals surface area contributed by atoms with Crippen molar-refractivity contribution in [1.82, 2.24) is 0 Å². The van der Waals surface area contributed by atoms with Gasteiger partial charge in [0.25, 0.3) is 0 Å². The lowest BCUT2D eigenvalue weighted by Crippen LogP contribution is -2.03. The molecule has 1 heterocycles. The van der Waals surface area contributed by atoms with Crippen molar-refractivity contribution >= 4 is 0 Å². The molecule has 1 aromatic carbocycles. The fraction of sp³-hybridized carbons (Fsp3) is 0.667. The monoisotopic (exact) mass is 358 g/mol. The zero-order chi connectivity index (χ0) is 18.3. The predicted molar refractivity (Wildman–Crippen MR) is 111 cm³/mol. The number of benzene rings is 1. The molecule has 0 aliphatic carbocycles. The van der Waals surface area contributed by atoms with Gasteiger partial charge in [-0.3, -0.25) is 0 Å². The van der Waals surface area contributed by atoms with Crippen molar-refractivity contribution in [2.75, 3.05) is 13.2 Å². The van der Waals surface area contributed by atoms with E-state index < -0.39 is 0 Å². The summed E-state index contributed by atoms with van der Waals surface area (Å²) in [5.74, 6) is 0.963. The lowest BCUT2D eigenvalue weighted by atomic mass is 10.0. The molecule has 0 N–H and O–H groups in total. The van der Waals surface area contributed by atoms with Crippen molar-refractivity contribution in [1.29, 1.82) is 0 Å². The number of aryl methyl sites for hydroxylation is 1. The lowest BCUT2D eigenvalue weighted by molar-refractivity contribution is 0.263. The van der Waals surface area contributed by atoms with E-state index in [-0.39, 0.29) is 0 Å². The van der Waals surface area contributed by atoms with Crippen LogP contribution in [-0.4, -0.2) is 19.3 Å². The van der Waals surface area contributed by atoms with Crippen molar-refractivity contribution in [3.63, 3.8) is 0 Å². The minimum atomic E-state index is 0.331. The maximum atomic E-state index is 5.68. The standard InChI is InChI=1S/C24H38O2/c1-2-3-4-5-6-7-8-9-10-11-12-13-14-15-22-16-18-23(19-17-22)25-20-24-21-26-24/h2,16-19,24H,1,3-15,20-21H2. The second kappa shape index (κ2) is 13.9. The maximum absolute atomic E-state index is 5.68. The summed E-state index contributed by atoms with van der Waals surface area (Å²) in [7, 11) is 0. The molecule has 1 atom stereocenters. The largest absolute Gasteiger partial charge is 0.491 e. The second-order valence-corrected chi connectivity index (χ2v) is 7.63. The topological polar surface area (TPSA) is 21.8 Å². The van der Waals surface area contributed by atoms with E-state index in [0.717, 1.165) is 12.4 Å². The Labute approximate surface area is 161 Å². The summed E-state index contributed by atoms with van der Waals surface area (Å²) in [4.78, 5) is 0. The van der Waals surface area contributed by atoms with Crippen molar-refractivity contribution in [2.24, 2.45) is 0 Å². The van der Waals surface area contributed by atoms with E-state index >= 15 is 0 Å². The van der Waals surface area contributed by atoms with Crippen LogP contribution < -0.4 is 4.74 Å². The highest BCUT2D eigenvalue weighted by molar-refractivity contribution is 5.27. The van der Waals surface area contributed by atoms with E-state index in [1.807, 2.05) is 6.08 Å². The highest BCUT2D eigenvalue weighted by Gasteiger charge is 2.22. The van der Waals surface area contributed by atoms with Gasteiger partial charge in [-0.25, -0.2) is 0 Å². The van der Waals surface area contributed by atoms with Gasteiger partial charge >= 0.3 is 0 Å². The van der Waals surface area contributed by atoms with Crippen LogP contribution in [0.25, 0.3) is 0 Å². The minimum Gasteiger partial charge on any atom is -0.491 e. The molecule has 0 amide bonds. The third kappa shape index (κ3) is 10.7. The fourth-order valence-electron chi connectivity index (χ4n) is 3.31. The van der Waals surface area contributed by atoms with E-state index in [9.17, 15) is 0 Å². The first-order valence-corrected chi connectivity index (χ1v) is 10.8. The molecule has 1 saturated heterocycles. The highest BCUT2D eigenvalue weighted by Crippen LogP contribution is 2.18. The van der Waals surface area contributed by atoms with Crippen molar-refractivity contribution in [3.8, 4) is 5.75 Å². The molecule has 1 unspecified atom stereocenters. The number of hydrogen-bond donors (Lipinski definition) is 0. The molecule has 1 aliphatic rings. The Kier molecular flexibility index (Phi) is 11.2. The molecule has 0 aromatic heterocycles. The van der Waals surface area contributed by atoms with Crippen LogP contribution in [0.5, 0.6) is 5.75 Å². The van der Waals surface area contributed by atoms with Gasteiger partial charge in [0, 0.05) is 0 Å². The SMILES string of the molecule is C=CCCCCCCCCCCCCCc1ccc(OCC2CO2)cc1. The third-order valence-electron chi connectivity index (χ3n) is 5.14. The Hall–Kier alpha value is -1.28. The molecular formula is C24H38O2. The van der Waals surface area contributed by atoms with Gasteiger partial charge in [-0.1, -0.05) is 76.0 Å². The Bertz CT molecular complexity index is 462. The summed E-state index contributed by atoms with van der Waals surface area (Å²) in [6.07, 6.45) is 20.0. The van der Waals surface area contributed by atoms with Crippen LogP contribution in [0.3, 0.4) is 0 Å². The minimum absolute atomic E-state index is 0.331. The molecule has 0 bridgehead atoms. The number of ether oxygens (including phenoxy) is 2. The lowest BCUT2D eigenvalue weighted by Gasteiger charge is -2.06. The first-order chi connectivity index (χ1) is 12.9. The number of epoxide rings is 1. The van der Waals surface area contributed by atoms with Crippen molar-refractivity contribution in [3.05, 3.63) is 42.5 Å². The molecule has 1 aliphatic heterocycles. The summed E-state index contributed by atoms with van der Waals surface area (Å²) < 4.78 is 10.8. The summed E-state index contributed by atoms with van der Waals surface area (Å²) in [6.45, 7) is 5.32. The molecule has 1 aromatic rings. The van der Waals surface area contributed by atoms with E-state index in [0.29, 0.717) is 12.7 Å². The zero-order valence-corrected chi connectivity index (χ0v) is 16.6. The number of hydrogen-bond acceptors (Lipinski definition) is 2. The van der Waals surface area contributed by atoms with Crippen LogP contribution >= 0.6 is 0 Å². The van der Waals surface area contributed by atoms with Gasteiger partial charge in [-0.2, -0.15) is 0 Å². The average Bonchev–Trinajstić information content (AvgIpc) is 3.49. The number of unbranched alkanes of at least 4 members (excludes halogenated alkanes) is 11. The number of rotatable bonds is 17. The van der Waals surface area contributed by atoms with E-state index in [4.69, 9.17) is 9.47 Å². The molecule has 2 nitrogen and oxygen atoms in total. The maximum Gasteiger partial charge on any atom is 0.119 e. The van der Waals surface area contributed by atoms with Gasteiger partial charge in [0.2, 0.25) is 0 Å². The molecule has 26 heavy (non-hydrogen) atoms.